The number of hydrogen-bond donors (Lipinski definition) is 1. The molecular weight excluding hydrogens is 160 g/mol. The van der Waals surface area contributed by atoms with Crippen molar-refractivity contribution in [3.63, 3.8) is 0 Å². The van der Waals surface area contributed by atoms with Gasteiger partial charge >= 0.3 is 0 Å². The first-order valence-electron chi connectivity index (χ1n) is 5.22. The van der Waals surface area contributed by atoms with Gasteiger partial charge in [0.05, 0.1) is 6.54 Å². The van der Waals surface area contributed by atoms with E-state index in [1.807, 2.05) is 6.92 Å². The van der Waals surface area contributed by atoms with Gasteiger partial charge in [-0.3, -0.25) is 4.90 Å². The first-order valence-corrected chi connectivity index (χ1v) is 5.22. The van der Waals surface area contributed by atoms with Crippen molar-refractivity contribution in [2.45, 2.75) is 32.7 Å². The molecule has 0 bridgehead atoms. The molecule has 0 aliphatic carbocycles. The second-order valence-electron chi connectivity index (χ2n) is 3.48. The van der Waals surface area contributed by atoms with E-state index in [4.69, 9.17) is 0 Å². The molecule has 2 nitrogen and oxygen atoms in total. The van der Waals surface area contributed by atoms with E-state index in [0.717, 1.165) is 19.1 Å². The van der Waals surface area contributed by atoms with Gasteiger partial charge in [-0.1, -0.05) is 12.8 Å². The molecule has 0 radical (unpaired) electrons. The summed E-state index contributed by atoms with van der Waals surface area (Å²) in [5.74, 6) is 5.92. The highest BCUT2D eigenvalue weighted by molar-refractivity contribution is 4.97. The van der Waals surface area contributed by atoms with Crippen LogP contribution in [0.5, 0.6) is 0 Å². The monoisotopic (exact) mass is 180 g/mol. The Bertz CT molecular complexity index is 190. The van der Waals surface area contributed by atoms with E-state index in [9.17, 15) is 0 Å². The van der Waals surface area contributed by atoms with Gasteiger partial charge in [-0.05, 0) is 32.9 Å². The molecule has 13 heavy (non-hydrogen) atoms. The maximum atomic E-state index is 3.38. The molecule has 1 N–H and O–H groups in total. The quantitative estimate of drug-likeness (QED) is 0.514. The fraction of sp³-hybridized carbons (Fsp3) is 0.818. The van der Waals surface area contributed by atoms with E-state index in [2.05, 4.69) is 29.0 Å². The Morgan fingerprint density at radius 2 is 2.38 bits per heavy atom. The van der Waals surface area contributed by atoms with Gasteiger partial charge in [0.1, 0.15) is 0 Å². The van der Waals surface area contributed by atoms with Gasteiger partial charge in [0.25, 0.3) is 0 Å². The number of nitrogens with zero attached hydrogens (tertiary/aromatic N) is 1. The van der Waals surface area contributed by atoms with Crippen LogP contribution in [0.25, 0.3) is 0 Å². The summed E-state index contributed by atoms with van der Waals surface area (Å²) in [7, 11) is 0. The molecule has 1 atom stereocenters. The van der Waals surface area contributed by atoms with E-state index < -0.39 is 0 Å². The van der Waals surface area contributed by atoms with Crippen LogP contribution in [0.2, 0.25) is 0 Å². The van der Waals surface area contributed by atoms with E-state index in [1.54, 1.807) is 0 Å². The molecule has 0 spiro atoms. The van der Waals surface area contributed by atoms with E-state index in [1.165, 1.54) is 25.9 Å². The summed E-state index contributed by atoms with van der Waals surface area (Å²) >= 11 is 0. The lowest BCUT2D eigenvalue weighted by Crippen LogP contribution is -2.37. The first kappa shape index (κ1) is 10.6. The van der Waals surface area contributed by atoms with Crippen LogP contribution in [0.4, 0.5) is 0 Å². The van der Waals surface area contributed by atoms with Gasteiger partial charge < -0.3 is 5.32 Å². The van der Waals surface area contributed by atoms with Crippen molar-refractivity contribution >= 4 is 0 Å². The third kappa shape index (κ3) is 3.38. The van der Waals surface area contributed by atoms with Crippen LogP contribution in [0.15, 0.2) is 0 Å². The Kier molecular flexibility index (Phi) is 4.88. The Morgan fingerprint density at radius 3 is 3.08 bits per heavy atom. The Hall–Kier alpha value is -0.520. The molecule has 1 aliphatic rings. The van der Waals surface area contributed by atoms with Crippen LogP contribution in [-0.4, -0.2) is 37.1 Å². The summed E-state index contributed by atoms with van der Waals surface area (Å²) in [5, 5.41) is 3.38. The third-order valence-corrected chi connectivity index (χ3v) is 2.68. The number of likely N-dealkylation sites (N-methyl/N-ethyl adjacent to an activating group) is 1. The highest BCUT2D eigenvalue weighted by Crippen LogP contribution is 2.15. The van der Waals surface area contributed by atoms with Crippen LogP contribution in [-0.2, 0) is 0 Å². The van der Waals surface area contributed by atoms with Gasteiger partial charge in [0.15, 0.2) is 0 Å². The molecule has 1 heterocycles. The van der Waals surface area contributed by atoms with Gasteiger partial charge in [-0.2, -0.15) is 0 Å². The van der Waals surface area contributed by atoms with E-state index >= 15 is 0 Å². The van der Waals surface area contributed by atoms with Gasteiger partial charge in [-0.15, -0.1) is 5.92 Å². The predicted octanol–water partition coefficient (Wildman–Crippen LogP) is 1.08. The first-order chi connectivity index (χ1) is 6.38. The molecular formula is C11H20N2. The Labute approximate surface area is 81.7 Å². The Morgan fingerprint density at radius 1 is 1.54 bits per heavy atom. The summed E-state index contributed by atoms with van der Waals surface area (Å²) in [5.41, 5.74) is 0. The minimum Gasteiger partial charge on any atom is -0.305 e. The van der Waals surface area contributed by atoms with Crippen LogP contribution in [0.3, 0.4) is 0 Å². The molecule has 74 valence electrons. The van der Waals surface area contributed by atoms with Crippen molar-refractivity contribution in [1.29, 1.82) is 0 Å². The molecule has 1 aliphatic heterocycles. The lowest BCUT2D eigenvalue weighted by atomic mass is 10.2. The third-order valence-electron chi connectivity index (χ3n) is 2.68. The van der Waals surface area contributed by atoms with Gasteiger partial charge in [0, 0.05) is 12.6 Å². The minimum absolute atomic E-state index is 0.753. The average molecular weight is 180 g/mol. The molecule has 0 saturated carbocycles. The second-order valence-corrected chi connectivity index (χ2v) is 3.48. The predicted molar refractivity (Wildman–Crippen MR) is 56.6 cm³/mol. The maximum Gasteiger partial charge on any atom is 0.0576 e. The Balaban J connectivity index is 2.15. The second kappa shape index (κ2) is 6.01. The highest BCUT2D eigenvalue weighted by Gasteiger charge is 2.21. The molecule has 0 aromatic carbocycles. The summed E-state index contributed by atoms with van der Waals surface area (Å²) in [6.45, 7) is 8.53. The zero-order chi connectivity index (χ0) is 9.52. The number of likely N-dealkylation sites (tertiary alicyclic amines) is 1. The lowest BCUT2D eigenvalue weighted by Gasteiger charge is -2.22. The molecule has 1 fully saturated rings. The van der Waals surface area contributed by atoms with E-state index in [0.29, 0.717) is 0 Å². The SMILES string of the molecule is CC#CCNCC1CCCN1CC. The number of nitrogens with one attached hydrogen (secondary N) is 1. The fourth-order valence-corrected chi connectivity index (χ4v) is 1.93. The standard InChI is InChI=1S/C11H20N2/c1-3-5-8-12-10-11-7-6-9-13(11)4-2/h11-12H,4,6-10H2,1-2H3. The van der Waals surface area contributed by atoms with Crippen molar-refractivity contribution in [2.24, 2.45) is 0 Å². The molecule has 0 amide bonds. The van der Waals surface area contributed by atoms with Crippen LogP contribution < -0.4 is 5.32 Å². The van der Waals surface area contributed by atoms with E-state index in [-0.39, 0.29) is 0 Å². The van der Waals surface area contributed by atoms with Crippen molar-refractivity contribution < 1.29 is 0 Å². The zero-order valence-electron chi connectivity index (χ0n) is 8.77. The average Bonchev–Trinajstić information content (AvgIpc) is 2.60. The fourth-order valence-electron chi connectivity index (χ4n) is 1.93. The lowest BCUT2D eigenvalue weighted by molar-refractivity contribution is 0.262. The summed E-state index contributed by atoms with van der Waals surface area (Å²) in [6.07, 6.45) is 2.71. The molecule has 2 heteroatoms. The summed E-state index contributed by atoms with van der Waals surface area (Å²) < 4.78 is 0. The molecule has 1 saturated heterocycles. The molecule has 1 unspecified atom stereocenters. The minimum atomic E-state index is 0.753. The van der Waals surface area contributed by atoms with Crippen LogP contribution >= 0.6 is 0 Å². The normalized spacial score (nSPS) is 22.8. The van der Waals surface area contributed by atoms with Crippen molar-refractivity contribution in [2.75, 3.05) is 26.2 Å². The van der Waals surface area contributed by atoms with Gasteiger partial charge in [0.2, 0.25) is 0 Å². The van der Waals surface area contributed by atoms with Crippen LogP contribution in [0, 0.1) is 11.8 Å². The maximum absolute atomic E-state index is 3.38. The van der Waals surface area contributed by atoms with Crippen molar-refractivity contribution in [1.82, 2.24) is 10.2 Å². The highest BCUT2D eigenvalue weighted by atomic mass is 15.2. The van der Waals surface area contributed by atoms with Crippen molar-refractivity contribution in [3.05, 3.63) is 0 Å². The van der Waals surface area contributed by atoms with Crippen LogP contribution in [0.1, 0.15) is 26.7 Å². The molecule has 0 aromatic rings. The summed E-state index contributed by atoms with van der Waals surface area (Å²) in [4.78, 5) is 2.55. The number of hydrogen-bond acceptors (Lipinski definition) is 2. The molecule has 0 aromatic heterocycles. The smallest absolute Gasteiger partial charge is 0.0576 e. The topological polar surface area (TPSA) is 15.3 Å². The number of rotatable bonds is 4. The zero-order valence-corrected chi connectivity index (χ0v) is 8.77. The van der Waals surface area contributed by atoms with Crippen molar-refractivity contribution in [3.8, 4) is 11.8 Å². The van der Waals surface area contributed by atoms with Gasteiger partial charge in [-0.25, -0.2) is 0 Å². The summed E-state index contributed by atoms with van der Waals surface area (Å²) in [6, 6.07) is 0.753. The largest absolute Gasteiger partial charge is 0.305 e. The molecule has 1 rings (SSSR count).